The molecule has 0 aliphatic carbocycles. The topological polar surface area (TPSA) is 13.1 Å². The van der Waals surface area contributed by atoms with E-state index in [1.54, 1.807) is 0 Å². The minimum absolute atomic E-state index is 0.643. The molecule has 0 atom stereocenters. The Morgan fingerprint density at radius 3 is 2.21 bits per heavy atom. The van der Waals surface area contributed by atoms with Crippen molar-refractivity contribution in [3.8, 4) is 11.1 Å². The Kier molecular flexibility index (Phi) is 2.91. The monoisotopic (exact) mass is 328 g/mol. The zero-order chi connectivity index (χ0) is 16.1. The van der Waals surface area contributed by atoms with Crippen LogP contribution in [0.25, 0.3) is 43.8 Å². The molecule has 0 aliphatic rings. The molecule has 2 heteroatoms. The molecule has 1 heterocycles. The van der Waals surface area contributed by atoms with E-state index in [-0.39, 0.29) is 0 Å². The summed E-state index contributed by atoms with van der Waals surface area (Å²) in [5.41, 5.74) is 3.93. The van der Waals surface area contributed by atoms with Gasteiger partial charge in [-0.3, -0.25) is 0 Å². The highest BCUT2D eigenvalue weighted by molar-refractivity contribution is 6.36. The molecule has 4 aromatic carbocycles. The summed E-state index contributed by atoms with van der Waals surface area (Å²) in [5, 5.41) is 5.19. The van der Waals surface area contributed by atoms with Gasteiger partial charge in [0.05, 0.1) is 5.02 Å². The maximum Gasteiger partial charge on any atom is 0.154 e. The average Bonchev–Trinajstić information content (AvgIpc) is 3.00. The van der Waals surface area contributed by atoms with Crippen LogP contribution in [0.5, 0.6) is 0 Å². The standard InChI is InChI=1S/C22H13ClO/c23-19-11-10-17(14-6-2-1-3-7-14)21-18-12-15-8-4-5-9-16(15)13-20(18)24-22(19)21/h1-13H. The van der Waals surface area contributed by atoms with E-state index in [0.717, 1.165) is 33.1 Å². The molecule has 5 rings (SSSR count). The van der Waals surface area contributed by atoms with E-state index in [4.69, 9.17) is 16.0 Å². The smallest absolute Gasteiger partial charge is 0.154 e. The SMILES string of the molecule is Clc1ccc(-c2ccccc2)c2c1oc1cc3ccccc3cc12. The quantitative estimate of drug-likeness (QED) is 0.321. The van der Waals surface area contributed by atoms with E-state index < -0.39 is 0 Å². The van der Waals surface area contributed by atoms with E-state index in [1.807, 2.05) is 30.3 Å². The predicted molar refractivity (Wildman–Crippen MR) is 102 cm³/mol. The Labute approximate surface area is 144 Å². The summed E-state index contributed by atoms with van der Waals surface area (Å²) in [6.07, 6.45) is 0. The fraction of sp³-hybridized carbons (Fsp3) is 0. The summed E-state index contributed by atoms with van der Waals surface area (Å²) in [6.45, 7) is 0. The van der Waals surface area contributed by atoms with Crippen LogP contribution >= 0.6 is 11.6 Å². The largest absolute Gasteiger partial charge is 0.454 e. The highest BCUT2D eigenvalue weighted by atomic mass is 35.5. The predicted octanol–water partition coefficient (Wildman–Crippen LogP) is 7.06. The zero-order valence-corrected chi connectivity index (χ0v) is 13.5. The Bertz CT molecular complexity index is 1200. The summed E-state index contributed by atoms with van der Waals surface area (Å²) >= 11 is 6.43. The van der Waals surface area contributed by atoms with Crippen molar-refractivity contribution < 1.29 is 4.42 Å². The fourth-order valence-electron chi connectivity index (χ4n) is 3.39. The van der Waals surface area contributed by atoms with Crippen molar-refractivity contribution in [1.29, 1.82) is 0 Å². The van der Waals surface area contributed by atoms with Gasteiger partial charge in [-0.05, 0) is 40.1 Å². The number of rotatable bonds is 1. The third-order valence-corrected chi connectivity index (χ3v) is 4.82. The molecular formula is C22H13ClO. The minimum atomic E-state index is 0.643. The first-order valence-electron chi connectivity index (χ1n) is 7.90. The van der Waals surface area contributed by atoms with E-state index >= 15 is 0 Å². The van der Waals surface area contributed by atoms with Gasteiger partial charge in [-0.25, -0.2) is 0 Å². The lowest BCUT2D eigenvalue weighted by atomic mass is 9.98. The second kappa shape index (κ2) is 5.12. The third kappa shape index (κ3) is 1.95. The lowest BCUT2D eigenvalue weighted by Crippen LogP contribution is -1.80. The lowest BCUT2D eigenvalue weighted by Gasteiger charge is -2.05. The van der Waals surface area contributed by atoms with Crippen molar-refractivity contribution in [3.05, 3.63) is 83.9 Å². The van der Waals surface area contributed by atoms with Crippen LogP contribution in [0.4, 0.5) is 0 Å². The van der Waals surface area contributed by atoms with Crippen molar-refractivity contribution in [2.24, 2.45) is 0 Å². The molecule has 0 N–H and O–H groups in total. The first-order valence-corrected chi connectivity index (χ1v) is 8.28. The van der Waals surface area contributed by atoms with Crippen LogP contribution in [-0.2, 0) is 0 Å². The van der Waals surface area contributed by atoms with Crippen molar-refractivity contribution >= 4 is 44.3 Å². The van der Waals surface area contributed by atoms with Crippen molar-refractivity contribution in [1.82, 2.24) is 0 Å². The minimum Gasteiger partial charge on any atom is -0.454 e. The van der Waals surface area contributed by atoms with Gasteiger partial charge in [-0.15, -0.1) is 0 Å². The molecular weight excluding hydrogens is 316 g/mol. The van der Waals surface area contributed by atoms with E-state index in [0.29, 0.717) is 5.02 Å². The summed E-state index contributed by atoms with van der Waals surface area (Å²) in [6, 6.07) is 26.9. The Balaban J connectivity index is 1.98. The molecule has 0 unspecified atom stereocenters. The number of hydrogen-bond donors (Lipinski definition) is 0. The summed E-state index contributed by atoms with van der Waals surface area (Å²) in [5.74, 6) is 0. The van der Waals surface area contributed by atoms with E-state index in [9.17, 15) is 0 Å². The number of furan rings is 1. The van der Waals surface area contributed by atoms with Gasteiger partial charge in [0.25, 0.3) is 0 Å². The number of benzene rings is 4. The Hall–Kier alpha value is -2.77. The molecule has 0 fully saturated rings. The normalized spacial score (nSPS) is 11.5. The molecule has 0 spiro atoms. The molecule has 0 radical (unpaired) electrons. The van der Waals surface area contributed by atoms with Gasteiger partial charge >= 0.3 is 0 Å². The highest BCUT2D eigenvalue weighted by Crippen LogP contribution is 2.41. The summed E-state index contributed by atoms with van der Waals surface area (Å²) in [4.78, 5) is 0. The van der Waals surface area contributed by atoms with Crippen molar-refractivity contribution in [2.45, 2.75) is 0 Å². The highest BCUT2D eigenvalue weighted by Gasteiger charge is 2.15. The second-order valence-corrected chi connectivity index (χ2v) is 6.37. The second-order valence-electron chi connectivity index (χ2n) is 5.96. The van der Waals surface area contributed by atoms with Crippen LogP contribution in [0, 0.1) is 0 Å². The van der Waals surface area contributed by atoms with Gasteiger partial charge in [0.15, 0.2) is 5.58 Å². The molecule has 24 heavy (non-hydrogen) atoms. The molecule has 0 saturated carbocycles. The van der Waals surface area contributed by atoms with Crippen LogP contribution in [0.1, 0.15) is 0 Å². The molecule has 1 aromatic heterocycles. The lowest BCUT2D eigenvalue weighted by molar-refractivity contribution is 0.669. The first kappa shape index (κ1) is 13.6. The van der Waals surface area contributed by atoms with Gasteiger partial charge in [0.1, 0.15) is 5.58 Å². The van der Waals surface area contributed by atoms with Gasteiger partial charge in [-0.1, -0.05) is 72.3 Å². The average molecular weight is 329 g/mol. The number of fused-ring (bicyclic) bond motifs is 4. The van der Waals surface area contributed by atoms with Gasteiger partial charge in [0.2, 0.25) is 0 Å². The summed E-state index contributed by atoms with van der Waals surface area (Å²) in [7, 11) is 0. The van der Waals surface area contributed by atoms with Crippen LogP contribution in [0.15, 0.2) is 83.3 Å². The number of hydrogen-bond acceptors (Lipinski definition) is 1. The van der Waals surface area contributed by atoms with Crippen LogP contribution in [0.3, 0.4) is 0 Å². The van der Waals surface area contributed by atoms with Gasteiger partial charge in [0, 0.05) is 10.8 Å². The first-order chi connectivity index (χ1) is 11.8. The van der Waals surface area contributed by atoms with Crippen molar-refractivity contribution in [2.75, 3.05) is 0 Å². The molecule has 1 nitrogen and oxygen atoms in total. The summed E-state index contributed by atoms with van der Waals surface area (Å²) < 4.78 is 6.12. The molecule has 0 saturated heterocycles. The Morgan fingerprint density at radius 1 is 0.708 bits per heavy atom. The van der Waals surface area contributed by atoms with Gasteiger partial charge < -0.3 is 4.42 Å². The Morgan fingerprint density at radius 2 is 1.42 bits per heavy atom. The van der Waals surface area contributed by atoms with Gasteiger partial charge in [-0.2, -0.15) is 0 Å². The van der Waals surface area contributed by atoms with E-state index in [1.165, 1.54) is 10.8 Å². The van der Waals surface area contributed by atoms with Crippen LogP contribution in [-0.4, -0.2) is 0 Å². The molecule has 5 aromatic rings. The van der Waals surface area contributed by atoms with Crippen LogP contribution < -0.4 is 0 Å². The maximum atomic E-state index is 6.43. The van der Waals surface area contributed by atoms with Crippen LogP contribution in [0.2, 0.25) is 5.02 Å². The maximum absolute atomic E-state index is 6.43. The molecule has 0 amide bonds. The van der Waals surface area contributed by atoms with E-state index in [2.05, 4.69) is 48.5 Å². The van der Waals surface area contributed by atoms with Crippen molar-refractivity contribution in [3.63, 3.8) is 0 Å². The molecule has 0 aliphatic heterocycles. The third-order valence-electron chi connectivity index (χ3n) is 4.52. The number of halogens is 1. The molecule has 0 bridgehead atoms. The molecule has 114 valence electrons. The fourth-order valence-corrected chi connectivity index (χ4v) is 3.59. The zero-order valence-electron chi connectivity index (χ0n) is 12.8.